The summed E-state index contributed by atoms with van der Waals surface area (Å²) in [5.41, 5.74) is 1.36. The molecule has 174 valence electrons. The Bertz CT molecular complexity index is 1230. The number of hydrogen-bond donors (Lipinski definition) is 3. The summed E-state index contributed by atoms with van der Waals surface area (Å²) in [5, 5.41) is 15.3. The first-order valence-corrected chi connectivity index (χ1v) is 11.1. The van der Waals surface area contributed by atoms with E-state index < -0.39 is 6.09 Å². The van der Waals surface area contributed by atoms with Crippen LogP contribution >= 0.6 is 0 Å². The van der Waals surface area contributed by atoms with Crippen LogP contribution in [-0.4, -0.2) is 55.7 Å². The number of hydrogen-bond acceptors (Lipinski definition) is 4. The third-order valence-corrected chi connectivity index (χ3v) is 6.32. The third kappa shape index (κ3) is 4.62. The van der Waals surface area contributed by atoms with Crippen molar-refractivity contribution in [2.45, 2.75) is 39.7 Å². The number of amides is 2. The predicted molar refractivity (Wildman–Crippen MR) is 124 cm³/mol. The number of carbonyl (C=O) groups excluding carboxylic acids is 1. The van der Waals surface area contributed by atoms with Gasteiger partial charge in [-0.3, -0.25) is 14.7 Å². The maximum atomic E-state index is 13.0. The first-order valence-electron chi connectivity index (χ1n) is 11.1. The molecule has 0 radical (unpaired) electrons. The average Bonchev–Trinajstić information content (AvgIpc) is 3.22. The maximum Gasteiger partial charge on any atom is 0.407 e. The Morgan fingerprint density at radius 1 is 1.24 bits per heavy atom. The molecular weight excluding hydrogens is 422 g/mol. The van der Waals surface area contributed by atoms with Gasteiger partial charge in [0.05, 0.1) is 5.69 Å². The molecule has 33 heavy (non-hydrogen) atoms. The number of carbonyl (C=O) groups is 2. The van der Waals surface area contributed by atoms with E-state index in [1.165, 1.54) is 21.7 Å². The molecule has 9 heteroatoms. The van der Waals surface area contributed by atoms with Crippen molar-refractivity contribution in [1.82, 2.24) is 24.8 Å². The first-order chi connectivity index (χ1) is 15.6. The molecular formula is C24H29N5O4. The Hall–Kier alpha value is -3.62. The van der Waals surface area contributed by atoms with Crippen molar-refractivity contribution in [3.8, 4) is 11.3 Å². The predicted octanol–water partition coefficient (Wildman–Crippen LogP) is 3.22. The van der Waals surface area contributed by atoms with E-state index in [1.54, 1.807) is 0 Å². The van der Waals surface area contributed by atoms with Crippen molar-refractivity contribution in [3.63, 3.8) is 0 Å². The standard InChI is InChI=1S/C24H29N5O4/c1-24(2,3)19-11-15(9-10-28(19)23(32)33)13-25-22(31)17-14-26-29-20(30)12-18(27-21(17)29)16-7-5-4-6-8-16/h4-8,12,14-15,19,26H,9-11,13H2,1-3H3,(H,25,31)(H,32,33). The summed E-state index contributed by atoms with van der Waals surface area (Å²) in [6.45, 7) is 6.98. The largest absolute Gasteiger partial charge is 0.465 e. The fourth-order valence-corrected chi connectivity index (χ4v) is 4.51. The Kier molecular flexibility index (Phi) is 5.97. The summed E-state index contributed by atoms with van der Waals surface area (Å²) in [6.07, 6.45) is 1.95. The number of benzene rings is 1. The van der Waals surface area contributed by atoms with Crippen molar-refractivity contribution in [2.75, 3.05) is 13.1 Å². The van der Waals surface area contributed by atoms with Crippen LogP contribution in [0.25, 0.3) is 16.9 Å². The number of nitrogens with one attached hydrogen (secondary N) is 2. The molecule has 2 aromatic heterocycles. The highest BCUT2D eigenvalue weighted by Crippen LogP contribution is 2.34. The number of carboxylic acid groups (broad SMARTS) is 1. The van der Waals surface area contributed by atoms with Crippen LogP contribution in [0.15, 0.2) is 47.4 Å². The molecule has 4 rings (SSSR count). The lowest BCUT2D eigenvalue weighted by Gasteiger charge is -2.44. The normalized spacial score (nSPS) is 18.9. The summed E-state index contributed by atoms with van der Waals surface area (Å²) < 4.78 is 1.25. The number of nitrogens with zero attached hydrogens (tertiary/aromatic N) is 3. The molecule has 3 heterocycles. The lowest BCUT2D eigenvalue weighted by Crippen LogP contribution is -2.52. The summed E-state index contributed by atoms with van der Waals surface area (Å²) >= 11 is 0. The Labute approximate surface area is 191 Å². The molecule has 1 aliphatic heterocycles. The Morgan fingerprint density at radius 3 is 2.64 bits per heavy atom. The summed E-state index contributed by atoms with van der Waals surface area (Å²) in [7, 11) is 0. The summed E-state index contributed by atoms with van der Waals surface area (Å²) in [4.78, 5) is 43.2. The zero-order valence-electron chi connectivity index (χ0n) is 19.0. The number of rotatable bonds is 4. The first kappa shape index (κ1) is 22.6. The van der Waals surface area contributed by atoms with Crippen molar-refractivity contribution in [3.05, 3.63) is 58.5 Å². The molecule has 0 aliphatic carbocycles. The second-order valence-electron chi connectivity index (χ2n) is 9.65. The van der Waals surface area contributed by atoms with Crippen LogP contribution in [0.4, 0.5) is 4.79 Å². The van der Waals surface area contributed by atoms with Gasteiger partial charge in [0.15, 0.2) is 5.65 Å². The monoisotopic (exact) mass is 451 g/mol. The van der Waals surface area contributed by atoms with E-state index in [9.17, 15) is 19.5 Å². The molecule has 1 aliphatic rings. The van der Waals surface area contributed by atoms with Crippen LogP contribution in [0.1, 0.15) is 44.0 Å². The molecule has 1 saturated heterocycles. The molecule has 0 bridgehead atoms. The summed E-state index contributed by atoms with van der Waals surface area (Å²) in [6, 6.07) is 10.7. The fourth-order valence-electron chi connectivity index (χ4n) is 4.51. The van der Waals surface area contributed by atoms with Crippen LogP contribution in [0.2, 0.25) is 0 Å². The fraction of sp³-hybridized carbons (Fsp3) is 0.417. The average molecular weight is 452 g/mol. The van der Waals surface area contributed by atoms with Gasteiger partial charge in [0.25, 0.3) is 11.5 Å². The molecule has 2 amide bonds. The molecule has 3 N–H and O–H groups in total. The minimum Gasteiger partial charge on any atom is -0.465 e. The molecule has 0 spiro atoms. The van der Waals surface area contributed by atoms with Crippen LogP contribution < -0.4 is 10.9 Å². The van der Waals surface area contributed by atoms with Crippen molar-refractivity contribution < 1.29 is 14.7 Å². The minimum absolute atomic E-state index is 0.118. The quantitative estimate of drug-likeness (QED) is 0.563. The van der Waals surface area contributed by atoms with Gasteiger partial charge in [-0.2, -0.15) is 0 Å². The van der Waals surface area contributed by atoms with Crippen LogP contribution in [0, 0.1) is 11.3 Å². The highest BCUT2D eigenvalue weighted by Gasteiger charge is 2.38. The van der Waals surface area contributed by atoms with Gasteiger partial charge in [0.2, 0.25) is 0 Å². The van der Waals surface area contributed by atoms with Crippen LogP contribution in [0.5, 0.6) is 0 Å². The van der Waals surface area contributed by atoms with Crippen molar-refractivity contribution >= 4 is 17.6 Å². The van der Waals surface area contributed by atoms with Gasteiger partial charge in [-0.25, -0.2) is 14.3 Å². The number of aromatic amines is 1. The number of aromatic nitrogens is 3. The van der Waals surface area contributed by atoms with Crippen LogP contribution in [-0.2, 0) is 0 Å². The van der Waals surface area contributed by atoms with Gasteiger partial charge in [0, 0.05) is 37.0 Å². The molecule has 3 aromatic rings. The molecule has 2 unspecified atom stereocenters. The zero-order chi connectivity index (χ0) is 23.8. The zero-order valence-corrected chi connectivity index (χ0v) is 19.0. The third-order valence-electron chi connectivity index (χ3n) is 6.32. The Morgan fingerprint density at radius 2 is 1.97 bits per heavy atom. The van der Waals surface area contributed by atoms with Crippen molar-refractivity contribution in [2.24, 2.45) is 11.3 Å². The van der Waals surface area contributed by atoms with Gasteiger partial charge < -0.3 is 15.3 Å². The van der Waals surface area contributed by atoms with E-state index in [2.05, 4.69) is 15.4 Å². The van der Waals surface area contributed by atoms with Gasteiger partial charge >= 0.3 is 6.09 Å². The molecule has 1 aromatic carbocycles. The smallest absolute Gasteiger partial charge is 0.407 e. The summed E-state index contributed by atoms with van der Waals surface area (Å²) in [5.74, 6) is -0.159. The topological polar surface area (TPSA) is 120 Å². The minimum atomic E-state index is -0.901. The van der Waals surface area contributed by atoms with Crippen LogP contribution in [0.3, 0.4) is 0 Å². The van der Waals surface area contributed by atoms with E-state index in [4.69, 9.17) is 0 Å². The van der Waals surface area contributed by atoms with Gasteiger partial charge in [-0.1, -0.05) is 51.1 Å². The van der Waals surface area contributed by atoms with E-state index >= 15 is 0 Å². The maximum absolute atomic E-state index is 13.0. The van der Waals surface area contributed by atoms with Gasteiger partial charge in [-0.05, 0) is 24.2 Å². The number of likely N-dealkylation sites (tertiary alicyclic amines) is 1. The van der Waals surface area contributed by atoms with Gasteiger partial charge in [0.1, 0.15) is 5.56 Å². The molecule has 2 atom stereocenters. The number of piperidine rings is 1. The van der Waals surface area contributed by atoms with E-state index in [0.29, 0.717) is 37.2 Å². The second kappa shape index (κ2) is 8.73. The highest BCUT2D eigenvalue weighted by atomic mass is 16.4. The highest BCUT2D eigenvalue weighted by molar-refractivity contribution is 5.99. The Balaban J connectivity index is 1.51. The molecule has 1 fully saturated rings. The van der Waals surface area contributed by atoms with E-state index in [-0.39, 0.29) is 34.5 Å². The lowest BCUT2D eigenvalue weighted by molar-refractivity contribution is 0.0402. The van der Waals surface area contributed by atoms with E-state index in [0.717, 1.165) is 5.56 Å². The van der Waals surface area contributed by atoms with Crippen molar-refractivity contribution in [1.29, 1.82) is 0 Å². The second-order valence-corrected chi connectivity index (χ2v) is 9.65. The van der Waals surface area contributed by atoms with E-state index in [1.807, 2.05) is 51.1 Å². The molecule has 0 saturated carbocycles. The number of H-pyrrole nitrogens is 1. The van der Waals surface area contributed by atoms with Gasteiger partial charge in [-0.15, -0.1) is 0 Å². The lowest BCUT2D eigenvalue weighted by atomic mass is 9.77. The number of fused-ring (bicyclic) bond motifs is 1. The molecule has 9 nitrogen and oxygen atoms in total. The SMILES string of the molecule is CC(C)(C)C1CC(CNC(=O)c2c[nH]n3c(=O)cc(-c4ccccc4)nc23)CCN1C(=O)O.